The first kappa shape index (κ1) is 13.1. The molecule has 0 spiro atoms. The molecule has 0 aliphatic carbocycles. The van der Waals surface area contributed by atoms with Gasteiger partial charge in [0.1, 0.15) is 11.9 Å². The second-order valence-corrected chi connectivity index (χ2v) is 5.08. The molecule has 0 aliphatic rings. The zero-order valence-corrected chi connectivity index (χ0v) is 11.2. The Bertz CT molecular complexity index is 521. The number of hydrogen-bond donors (Lipinski definition) is 1. The van der Waals surface area contributed by atoms with Gasteiger partial charge in [-0.05, 0) is 48.1 Å². The molecule has 2 aromatic rings. The van der Waals surface area contributed by atoms with Gasteiger partial charge in [0.15, 0.2) is 0 Å². The molecule has 1 unspecified atom stereocenters. The number of halogens is 1. The van der Waals surface area contributed by atoms with E-state index >= 15 is 0 Å². The van der Waals surface area contributed by atoms with Gasteiger partial charge in [0.2, 0.25) is 0 Å². The van der Waals surface area contributed by atoms with Crippen molar-refractivity contribution in [2.24, 2.45) is 0 Å². The third kappa shape index (κ3) is 2.73. The Labute approximate surface area is 109 Å². The molecule has 18 heavy (non-hydrogen) atoms. The van der Waals surface area contributed by atoms with E-state index in [2.05, 4.69) is 9.59 Å². The minimum absolute atomic E-state index is 0.335. The molecule has 0 aliphatic heterocycles. The van der Waals surface area contributed by atoms with Gasteiger partial charge in [-0.1, -0.05) is 23.9 Å². The fourth-order valence-corrected chi connectivity index (χ4v) is 2.62. The van der Waals surface area contributed by atoms with E-state index in [1.807, 2.05) is 6.92 Å². The summed E-state index contributed by atoms with van der Waals surface area (Å²) in [5, 5.41) is 14.3. The van der Waals surface area contributed by atoms with Gasteiger partial charge in [0.05, 0.1) is 10.6 Å². The van der Waals surface area contributed by atoms with Crippen LogP contribution in [0.4, 0.5) is 4.39 Å². The van der Waals surface area contributed by atoms with Crippen molar-refractivity contribution in [1.82, 2.24) is 9.59 Å². The summed E-state index contributed by atoms with van der Waals surface area (Å²) in [5.74, 6) is -0.335. The van der Waals surface area contributed by atoms with Crippen LogP contribution in [0, 0.1) is 12.7 Å². The second-order valence-electron chi connectivity index (χ2n) is 4.30. The highest BCUT2D eigenvalue weighted by molar-refractivity contribution is 7.05. The first-order chi connectivity index (χ1) is 8.61. The molecule has 1 N–H and O–H groups in total. The van der Waals surface area contributed by atoms with Gasteiger partial charge >= 0.3 is 0 Å². The number of nitrogens with zero attached hydrogens (tertiary/aromatic N) is 2. The van der Waals surface area contributed by atoms with Crippen LogP contribution >= 0.6 is 11.5 Å². The fourth-order valence-electron chi connectivity index (χ4n) is 1.91. The minimum Gasteiger partial charge on any atom is -0.383 e. The molecule has 1 aromatic heterocycles. The molecule has 5 heteroatoms. The number of aryl methyl sites for hydroxylation is 2. The Morgan fingerprint density at radius 2 is 2.17 bits per heavy atom. The van der Waals surface area contributed by atoms with Crippen molar-refractivity contribution in [3.63, 3.8) is 0 Å². The van der Waals surface area contributed by atoms with Crippen LogP contribution in [0.5, 0.6) is 0 Å². The lowest BCUT2D eigenvalue weighted by Gasteiger charge is -2.11. The van der Waals surface area contributed by atoms with Gasteiger partial charge in [0.25, 0.3) is 0 Å². The summed E-state index contributed by atoms with van der Waals surface area (Å²) in [4.78, 5) is 0.710. The number of rotatable bonds is 4. The van der Waals surface area contributed by atoms with Crippen LogP contribution in [0.2, 0.25) is 0 Å². The molecule has 0 saturated carbocycles. The lowest BCUT2D eigenvalue weighted by Crippen LogP contribution is -2.02. The first-order valence-corrected chi connectivity index (χ1v) is 6.65. The maximum absolute atomic E-state index is 13.3. The fraction of sp³-hybridized carbons (Fsp3) is 0.385. The second kappa shape index (κ2) is 5.54. The lowest BCUT2D eigenvalue weighted by molar-refractivity contribution is 0.222. The van der Waals surface area contributed by atoms with Crippen molar-refractivity contribution in [2.45, 2.75) is 32.8 Å². The van der Waals surface area contributed by atoms with E-state index < -0.39 is 6.10 Å². The number of aromatic nitrogens is 2. The van der Waals surface area contributed by atoms with Crippen LogP contribution in [0.3, 0.4) is 0 Å². The van der Waals surface area contributed by atoms with Gasteiger partial charge < -0.3 is 5.11 Å². The number of hydrogen-bond acceptors (Lipinski definition) is 4. The topological polar surface area (TPSA) is 46.0 Å². The monoisotopic (exact) mass is 266 g/mol. The Kier molecular flexibility index (Phi) is 4.04. The van der Waals surface area contributed by atoms with Gasteiger partial charge in [0, 0.05) is 0 Å². The molecule has 96 valence electrons. The minimum atomic E-state index is -0.846. The third-order valence-corrected chi connectivity index (χ3v) is 3.52. The molecule has 1 heterocycles. The Balaban J connectivity index is 2.34. The molecule has 1 aromatic carbocycles. The average Bonchev–Trinajstić information content (AvgIpc) is 2.75. The summed E-state index contributed by atoms with van der Waals surface area (Å²) < 4.78 is 17.2. The van der Waals surface area contributed by atoms with E-state index in [4.69, 9.17) is 0 Å². The van der Waals surface area contributed by atoms with Crippen molar-refractivity contribution in [1.29, 1.82) is 0 Å². The lowest BCUT2D eigenvalue weighted by atomic mass is 10.0. The number of aliphatic hydroxyl groups is 1. The Morgan fingerprint density at radius 1 is 1.39 bits per heavy atom. The van der Waals surface area contributed by atoms with E-state index in [1.165, 1.54) is 23.7 Å². The highest BCUT2D eigenvalue weighted by Crippen LogP contribution is 2.28. The number of aliphatic hydroxyl groups excluding tert-OH is 1. The van der Waals surface area contributed by atoms with Crippen LogP contribution < -0.4 is 0 Å². The van der Waals surface area contributed by atoms with E-state index in [1.54, 1.807) is 13.0 Å². The van der Waals surface area contributed by atoms with E-state index in [-0.39, 0.29) is 5.82 Å². The summed E-state index contributed by atoms with van der Waals surface area (Å²) >= 11 is 1.17. The van der Waals surface area contributed by atoms with Gasteiger partial charge in [-0.15, -0.1) is 5.10 Å². The normalized spacial score (nSPS) is 12.7. The molecular weight excluding hydrogens is 251 g/mol. The Morgan fingerprint density at radius 3 is 2.83 bits per heavy atom. The molecule has 0 bridgehead atoms. The molecule has 0 fully saturated rings. The molecule has 2 rings (SSSR count). The quantitative estimate of drug-likeness (QED) is 0.925. The Hall–Kier alpha value is -1.33. The maximum atomic E-state index is 13.3. The highest BCUT2D eigenvalue weighted by Gasteiger charge is 2.19. The molecule has 0 radical (unpaired) electrons. The zero-order valence-electron chi connectivity index (χ0n) is 10.4. The standard InChI is InChI=1S/C13H15FN2OS/c1-3-4-11-13(18-16-15-11)12(17)9-5-8(2)6-10(14)7-9/h5-7,12,17H,3-4H2,1-2H3. The third-order valence-electron chi connectivity index (χ3n) is 2.70. The smallest absolute Gasteiger partial charge is 0.123 e. The molecule has 0 amide bonds. The van der Waals surface area contributed by atoms with Crippen molar-refractivity contribution < 1.29 is 9.50 Å². The molecular formula is C13H15FN2OS. The van der Waals surface area contributed by atoms with Crippen LogP contribution in [0.15, 0.2) is 18.2 Å². The largest absolute Gasteiger partial charge is 0.383 e. The average molecular weight is 266 g/mol. The first-order valence-electron chi connectivity index (χ1n) is 5.88. The summed E-state index contributed by atoms with van der Waals surface area (Å²) in [7, 11) is 0. The predicted molar refractivity (Wildman–Crippen MR) is 69.1 cm³/mol. The van der Waals surface area contributed by atoms with Crippen LogP contribution in [-0.4, -0.2) is 14.7 Å². The van der Waals surface area contributed by atoms with Gasteiger partial charge in [-0.3, -0.25) is 0 Å². The van der Waals surface area contributed by atoms with Crippen LogP contribution in [0.25, 0.3) is 0 Å². The van der Waals surface area contributed by atoms with Crippen LogP contribution in [-0.2, 0) is 6.42 Å². The molecule has 0 saturated heterocycles. The van der Waals surface area contributed by atoms with Crippen molar-refractivity contribution >= 4 is 11.5 Å². The summed E-state index contributed by atoms with van der Waals surface area (Å²) in [6.45, 7) is 3.85. The van der Waals surface area contributed by atoms with Gasteiger partial charge in [-0.25, -0.2) is 4.39 Å². The van der Waals surface area contributed by atoms with E-state index in [0.29, 0.717) is 10.4 Å². The summed E-state index contributed by atoms with van der Waals surface area (Å²) in [6.07, 6.45) is 0.866. The van der Waals surface area contributed by atoms with E-state index in [0.717, 1.165) is 24.1 Å². The number of benzene rings is 1. The highest BCUT2D eigenvalue weighted by atomic mass is 32.1. The van der Waals surface area contributed by atoms with Crippen molar-refractivity contribution in [2.75, 3.05) is 0 Å². The molecule has 3 nitrogen and oxygen atoms in total. The van der Waals surface area contributed by atoms with Crippen molar-refractivity contribution in [3.8, 4) is 0 Å². The van der Waals surface area contributed by atoms with E-state index in [9.17, 15) is 9.50 Å². The summed E-state index contributed by atoms with van der Waals surface area (Å²) in [6, 6.07) is 4.57. The van der Waals surface area contributed by atoms with Gasteiger partial charge in [-0.2, -0.15) is 0 Å². The SMILES string of the molecule is CCCc1nnsc1C(O)c1cc(C)cc(F)c1. The molecule has 1 atom stereocenters. The predicted octanol–water partition coefficient (Wildman–Crippen LogP) is 3.02. The van der Waals surface area contributed by atoms with Crippen LogP contribution in [0.1, 0.15) is 41.1 Å². The zero-order chi connectivity index (χ0) is 13.1. The summed E-state index contributed by atoms with van der Waals surface area (Å²) in [5.41, 5.74) is 2.14. The van der Waals surface area contributed by atoms with Crippen molar-refractivity contribution in [3.05, 3.63) is 45.7 Å². The maximum Gasteiger partial charge on any atom is 0.123 e.